The summed E-state index contributed by atoms with van der Waals surface area (Å²) in [5.41, 5.74) is 4.92. The fraction of sp³-hybridized carbons (Fsp3) is 0.818. The molecule has 0 aromatic rings. The predicted octanol–water partition coefficient (Wildman–Crippen LogP) is -0.499. The predicted molar refractivity (Wildman–Crippen MR) is 65.4 cm³/mol. The van der Waals surface area contributed by atoms with E-state index >= 15 is 0 Å². The maximum atomic E-state index is 11.6. The molecule has 1 saturated heterocycles. The van der Waals surface area contributed by atoms with Gasteiger partial charge in [0.25, 0.3) is 0 Å². The first-order valence-corrected chi connectivity index (χ1v) is 6.02. The average molecular weight is 242 g/mol. The summed E-state index contributed by atoms with van der Waals surface area (Å²) in [6, 6.07) is -1.13. The minimum atomic E-state index is -0.794. The monoisotopic (exact) mass is 242 g/mol. The van der Waals surface area contributed by atoms with Crippen LogP contribution in [0.1, 0.15) is 19.8 Å². The third-order valence-corrected chi connectivity index (χ3v) is 3.29. The van der Waals surface area contributed by atoms with Gasteiger partial charge in [0.05, 0.1) is 6.04 Å². The van der Waals surface area contributed by atoms with Gasteiger partial charge in [-0.1, -0.05) is 0 Å². The van der Waals surface area contributed by atoms with Gasteiger partial charge in [-0.15, -0.1) is 0 Å². The summed E-state index contributed by atoms with van der Waals surface area (Å²) in [5, 5.41) is 5.41. The van der Waals surface area contributed by atoms with E-state index in [0.29, 0.717) is 5.92 Å². The molecule has 0 aliphatic carbocycles. The smallest absolute Gasteiger partial charge is 0.318 e. The molecule has 1 heterocycles. The molecule has 1 fully saturated rings. The largest absolute Gasteiger partial charge is 0.351 e. The number of amides is 3. The van der Waals surface area contributed by atoms with Crippen molar-refractivity contribution in [3.63, 3.8) is 0 Å². The van der Waals surface area contributed by atoms with E-state index in [1.165, 1.54) is 0 Å². The number of nitrogens with two attached hydrogens (primary N) is 1. The molecule has 0 radical (unpaired) electrons. The number of piperidine rings is 1. The number of nitrogens with one attached hydrogen (secondary N) is 2. The molecule has 0 saturated carbocycles. The normalized spacial score (nSPS) is 19.0. The van der Waals surface area contributed by atoms with Crippen LogP contribution >= 0.6 is 0 Å². The van der Waals surface area contributed by atoms with Crippen molar-refractivity contribution < 1.29 is 9.59 Å². The molecule has 4 N–H and O–H groups in total. The average Bonchev–Trinajstić information content (AvgIpc) is 2.28. The second-order valence-corrected chi connectivity index (χ2v) is 4.66. The lowest BCUT2D eigenvalue weighted by atomic mass is 9.97. The van der Waals surface area contributed by atoms with Crippen LogP contribution in [-0.4, -0.2) is 49.6 Å². The number of carbonyl (C=O) groups excluding carboxylic acids is 2. The molecule has 1 rings (SSSR count). The molecule has 0 spiro atoms. The molecule has 6 heteroatoms. The fourth-order valence-electron chi connectivity index (χ4n) is 2.06. The highest BCUT2D eigenvalue weighted by atomic mass is 16.2. The van der Waals surface area contributed by atoms with Crippen LogP contribution in [-0.2, 0) is 4.79 Å². The van der Waals surface area contributed by atoms with Gasteiger partial charge in [0.15, 0.2) is 0 Å². The van der Waals surface area contributed by atoms with E-state index in [2.05, 4.69) is 10.6 Å². The Hall–Kier alpha value is -1.14. The summed E-state index contributed by atoms with van der Waals surface area (Å²) in [6.45, 7) is 4.73. The molecule has 1 aliphatic rings. The number of rotatable bonds is 4. The molecule has 17 heavy (non-hydrogen) atoms. The minimum absolute atomic E-state index is 0.336. The van der Waals surface area contributed by atoms with Crippen LogP contribution in [0.15, 0.2) is 0 Å². The summed E-state index contributed by atoms with van der Waals surface area (Å²) < 4.78 is 0. The van der Waals surface area contributed by atoms with Gasteiger partial charge in [-0.25, -0.2) is 4.79 Å². The van der Waals surface area contributed by atoms with Crippen molar-refractivity contribution in [3.05, 3.63) is 0 Å². The maximum absolute atomic E-state index is 11.6. The third-order valence-electron chi connectivity index (χ3n) is 3.29. The van der Waals surface area contributed by atoms with Crippen molar-refractivity contribution in [2.45, 2.75) is 25.8 Å². The Labute approximate surface area is 102 Å². The molecule has 6 nitrogen and oxygen atoms in total. The SMILES string of the molecule is CC(C(=O)NC(N)=O)N(C)CC1CCNCC1. The van der Waals surface area contributed by atoms with Gasteiger partial charge < -0.3 is 11.1 Å². The summed E-state index contributed by atoms with van der Waals surface area (Å²) in [4.78, 5) is 24.1. The highest BCUT2D eigenvalue weighted by Crippen LogP contribution is 2.13. The van der Waals surface area contributed by atoms with Gasteiger partial charge in [0, 0.05) is 6.54 Å². The van der Waals surface area contributed by atoms with Gasteiger partial charge in [-0.05, 0) is 45.8 Å². The van der Waals surface area contributed by atoms with Crippen LogP contribution in [0, 0.1) is 5.92 Å². The second kappa shape index (κ2) is 6.56. The Morgan fingerprint density at radius 2 is 2.06 bits per heavy atom. The Bertz CT molecular complexity index is 277. The van der Waals surface area contributed by atoms with Crippen molar-refractivity contribution in [3.8, 4) is 0 Å². The number of primary amides is 1. The van der Waals surface area contributed by atoms with E-state index in [9.17, 15) is 9.59 Å². The fourth-order valence-corrected chi connectivity index (χ4v) is 2.06. The van der Waals surface area contributed by atoms with Crippen LogP contribution in [0.25, 0.3) is 0 Å². The van der Waals surface area contributed by atoms with E-state index in [1.807, 2.05) is 11.9 Å². The number of likely N-dealkylation sites (N-methyl/N-ethyl adjacent to an activating group) is 1. The van der Waals surface area contributed by atoms with Crippen LogP contribution < -0.4 is 16.4 Å². The standard InChI is InChI=1S/C11H22N4O2/c1-8(10(16)14-11(12)17)15(2)7-9-3-5-13-6-4-9/h8-9,13H,3-7H2,1-2H3,(H3,12,14,16,17). The van der Waals surface area contributed by atoms with Crippen LogP contribution in [0.4, 0.5) is 4.79 Å². The lowest BCUT2D eigenvalue weighted by molar-refractivity contribution is -0.124. The molecule has 1 atom stereocenters. The van der Waals surface area contributed by atoms with Gasteiger partial charge >= 0.3 is 6.03 Å². The molecule has 1 aliphatic heterocycles. The highest BCUT2D eigenvalue weighted by molar-refractivity contribution is 5.96. The molecule has 1 unspecified atom stereocenters. The Balaban J connectivity index is 2.37. The summed E-state index contributed by atoms with van der Waals surface area (Å²) in [7, 11) is 1.90. The topological polar surface area (TPSA) is 87.5 Å². The number of nitrogens with zero attached hydrogens (tertiary/aromatic N) is 1. The Morgan fingerprint density at radius 1 is 1.47 bits per heavy atom. The van der Waals surface area contributed by atoms with Gasteiger partial charge in [0.2, 0.25) is 5.91 Å². The van der Waals surface area contributed by atoms with Gasteiger partial charge in [-0.2, -0.15) is 0 Å². The summed E-state index contributed by atoms with van der Waals surface area (Å²) in [6.07, 6.45) is 2.27. The first kappa shape index (κ1) is 13.9. The van der Waals surface area contributed by atoms with Crippen LogP contribution in [0.3, 0.4) is 0 Å². The van der Waals surface area contributed by atoms with E-state index in [4.69, 9.17) is 5.73 Å². The lowest BCUT2D eigenvalue weighted by Crippen LogP contribution is -2.48. The third kappa shape index (κ3) is 4.70. The quantitative estimate of drug-likeness (QED) is 0.620. The molecule has 3 amide bonds. The molecular weight excluding hydrogens is 220 g/mol. The second-order valence-electron chi connectivity index (χ2n) is 4.66. The zero-order chi connectivity index (χ0) is 12.8. The number of hydrogen-bond acceptors (Lipinski definition) is 4. The highest BCUT2D eigenvalue weighted by Gasteiger charge is 2.22. The minimum Gasteiger partial charge on any atom is -0.351 e. The zero-order valence-corrected chi connectivity index (χ0v) is 10.5. The maximum Gasteiger partial charge on any atom is 0.318 e. The van der Waals surface area contributed by atoms with Crippen molar-refractivity contribution in [2.75, 3.05) is 26.7 Å². The summed E-state index contributed by atoms with van der Waals surface area (Å²) in [5.74, 6) is 0.277. The lowest BCUT2D eigenvalue weighted by Gasteiger charge is -2.30. The van der Waals surface area contributed by atoms with E-state index in [0.717, 1.165) is 32.5 Å². The Kier molecular flexibility index (Phi) is 5.37. The van der Waals surface area contributed by atoms with Crippen LogP contribution in [0.2, 0.25) is 0 Å². The summed E-state index contributed by atoms with van der Waals surface area (Å²) >= 11 is 0. The zero-order valence-electron chi connectivity index (χ0n) is 10.5. The van der Waals surface area contributed by atoms with Crippen molar-refractivity contribution in [2.24, 2.45) is 11.7 Å². The van der Waals surface area contributed by atoms with E-state index in [1.54, 1.807) is 6.92 Å². The molecule has 98 valence electrons. The number of carbonyl (C=O) groups is 2. The van der Waals surface area contributed by atoms with Crippen molar-refractivity contribution in [1.29, 1.82) is 0 Å². The number of urea groups is 1. The van der Waals surface area contributed by atoms with Crippen molar-refractivity contribution >= 4 is 11.9 Å². The number of imide groups is 1. The number of hydrogen-bond donors (Lipinski definition) is 3. The van der Waals surface area contributed by atoms with E-state index < -0.39 is 6.03 Å². The van der Waals surface area contributed by atoms with E-state index in [-0.39, 0.29) is 11.9 Å². The first-order chi connectivity index (χ1) is 8.00. The van der Waals surface area contributed by atoms with Gasteiger partial charge in [-0.3, -0.25) is 15.0 Å². The molecule has 0 aromatic carbocycles. The Morgan fingerprint density at radius 3 is 2.59 bits per heavy atom. The molecular formula is C11H22N4O2. The van der Waals surface area contributed by atoms with Crippen molar-refractivity contribution in [1.82, 2.24) is 15.5 Å². The van der Waals surface area contributed by atoms with Crippen LogP contribution in [0.5, 0.6) is 0 Å². The molecule has 0 aromatic heterocycles. The molecule has 0 bridgehead atoms. The first-order valence-electron chi connectivity index (χ1n) is 6.02. The van der Waals surface area contributed by atoms with Gasteiger partial charge in [0.1, 0.15) is 0 Å².